The lowest BCUT2D eigenvalue weighted by molar-refractivity contribution is 0.102. The third-order valence-electron chi connectivity index (χ3n) is 5.37. The minimum Gasteiger partial charge on any atom is -0.454 e. The van der Waals surface area contributed by atoms with Crippen LogP contribution in [0.3, 0.4) is 0 Å². The van der Waals surface area contributed by atoms with E-state index in [4.69, 9.17) is 9.47 Å². The van der Waals surface area contributed by atoms with Crippen LogP contribution in [0.2, 0.25) is 0 Å². The van der Waals surface area contributed by atoms with Gasteiger partial charge in [0.05, 0.1) is 6.04 Å². The molecule has 3 aromatic rings. The highest BCUT2D eigenvalue weighted by Crippen LogP contribution is 2.36. The Bertz CT molecular complexity index is 1160. The van der Waals surface area contributed by atoms with Gasteiger partial charge in [-0.25, -0.2) is 4.79 Å². The molecule has 1 unspecified atom stereocenters. The van der Waals surface area contributed by atoms with Crippen LogP contribution in [-0.2, 0) is 0 Å². The number of carbonyl (C=O) groups excluding carboxylic acids is 2. The average molecular weight is 452 g/mol. The molecule has 9 nitrogen and oxygen atoms in total. The van der Waals surface area contributed by atoms with Gasteiger partial charge in [-0.15, -0.1) is 10.2 Å². The van der Waals surface area contributed by atoms with Gasteiger partial charge in [-0.2, -0.15) is 0 Å². The predicted octanol–water partition coefficient (Wildman–Crippen LogP) is 4.20. The number of aryl methyl sites for hydroxylation is 1. The van der Waals surface area contributed by atoms with Crippen LogP contribution < -0.4 is 20.1 Å². The van der Waals surface area contributed by atoms with Crippen molar-refractivity contribution in [2.75, 3.05) is 24.0 Å². The second-order valence-corrected chi connectivity index (χ2v) is 8.62. The number of aromatic nitrogens is 2. The topological polar surface area (TPSA) is 106 Å². The summed E-state index contributed by atoms with van der Waals surface area (Å²) in [6, 6.07) is 12.5. The second kappa shape index (κ2) is 8.46. The number of benzene rings is 2. The summed E-state index contributed by atoms with van der Waals surface area (Å²) in [6.45, 7) is 2.79. The maximum atomic E-state index is 12.8. The smallest absolute Gasteiger partial charge is 0.322 e. The number of fused-ring (bicyclic) bond motifs is 1. The quantitative estimate of drug-likeness (QED) is 0.616. The molecule has 10 heteroatoms. The number of hydrogen-bond acceptors (Lipinski definition) is 7. The number of likely N-dealkylation sites (tertiary alicyclic amines) is 1. The molecule has 2 aliphatic heterocycles. The molecule has 0 aliphatic carbocycles. The van der Waals surface area contributed by atoms with Gasteiger partial charge in [0.2, 0.25) is 11.8 Å². The minimum atomic E-state index is -0.360. The Labute approximate surface area is 188 Å². The molecule has 5 rings (SSSR count). The van der Waals surface area contributed by atoms with Gasteiger partial charge in [-0.05, 0) is 44.0 Å². The molecule has 1 aromatic heterocycles. The Kier molecular flexibility index (Phi) is 5.36. The van der Waals surface area contributed by atoms with Crippen molar-refractivity contribution in [2.24, 2.45) is 0 Å². The molecular weight excluding hydrogens is 430 g/mol. The van der Waals surface area contributed by atoms with Crippen LogP contribution in [0, 0.1) is 6.92 Å². The minimum absolute atomic E-state index is 0.169. The van der Waals surface area contributed by atoms with E-state index in [0.717, 1.165) is 24.1 Å². The summed E-state index contributed by atoms with van der Waals surface area (Å²) in [7, 11) is 0. The summed E-state index contributed by atoms with van der Waals surface area (Å²) < 4.78 is 10.6. The molecule has 1 atom stereocenters. The van der Waals surface area contributed by atoms with Crippen LogP contribution >= 0.6 is 11.3 Å². The van der Waals surface area contributed by atoms with Crippen molar-refractivity contribution >= 4 is 34.6 Å². The number of rotatable bonds is 4. The van der Waals surface area contributed by atoms with Crippen LogP contribution in [-0.4, -0.2) is 40.4 Å². The zero-order valence-electron chi connectivity index (χ0n) is 17.3. The maximum Gasteiger partial charge on any atom is 0.322 e. The van der Waals surface area contributed by atoms with Crippen molar-refractivity contribution in [1.82, 2.24) is 15.1 Å². The first-order chi connectivity index (χ1) is 15.6. The molecule has 3 heterocycles. The fourth-order valence-electron chi connectivity index (χ4n) is 3.72. The van der Waals surface area contributed by atoms with E-state index in [1.54, 1.807) is 23.1 Å². The van der Waals surface area contributed by atoms with E-state index in [-0.39, 0.29) is 29.8 Å². The number of hydrogen-bond donors (Lipinski definition) is 2. The molecule has 2 N–H and O–H groups in total. The SMILES string of the molecule is Cc1ccc(NC(=O)N2CCCC2c2nnc(C(=O)Nc3ccc4c(c3)OCO4)s2)cc1. The van der Waals surface area contributed by atoms with E-state index < -0.39 is 0 Å². The number of anilines is 2. The Morgan fingerprint density at radius 2 is 1.81 bits per heavy atom. The lowest BCUT2D eigenvalue weighted by Gasteiger charge is -2.23. The number of amides is 3. The van der Waals surface area contributed by atoms with Gasteiger partial charge in [0.25, 0.3) is 5.91 Å². The third kappa shape index (κ3) is 4.09. The number of nitrogens with one attached hydrogen (secondary N) is 2. The average Bonchev–Trinajstić information content (AvgIpc) is 3.54. The Morgan fingerprint density at radius 1 is 1.03 bits per heavy atom. The van der Waals surface area contributed by atoms with E-state index in [9.17, 15) is 9.59 Å². The summed E-state index contributed by atoms with van der Waals surface area (Å²) in [5.41, 5.74) is 2.45. The standard InChI is InChI=1S/C22H21N5O4S/c1-13-4-6-14(7-5-13)24-22(29)27-10-2-3-16(27)20-25-26-21(32-20)19(28)23-15-8-9-17-18(11-15)31-12-30-17/h4-9,11,16H,2-3,10,12H2,1H3,(H,23,28)(H,24,29). The third-order valence-corrected chi connectivity index (χ3v) is 6.39. The number of nitrogens with zero attached hydrogens (tertiary/aromatic N) is 3. The molecule has 0 spiro atoms. The predicted molar refractivity (Wildman–Crippen MR) is 119 cm³/mol. The lowest BCUT2D eigenvalue weighted by atomic mass is 10.2. The van der Waals surface area contributed by atoms with Crippen LogP contribution in [0.25, 0.3) is 0 Å². The Hall–Kier alpha value is -3.66. The zero-order valence-corrected chi connectivity index (χ0v) is 18.1. The van der Waals surface area contributed by atoms with Crippen LogP contribution in [0.4, 0.5) is 16.2 Å². The first-order valence-corrected chi connectivity index (χ1v) is 11.1. The van der Waals surface area contributed by atoms with Gasteiger partial charge < -0.3 is 25.0 Å². The maximum absolute atomic E-state index is 12.8. The van der Waals surface area contributed by atoms with Crippen molar-refractivity contribution in [2.45, 2.75) is 25.8 Å². The van der Waals surface area contributed by atoms with Crippen LogP contribution in [0.15, 0.2) is 42.5 Å². The first kappa shape index (κ1) is 20.3. The highest BCUT2D eigenvalue weighted by molar-refractivity contribution is 7.13. The summed E-state index contributed by atoms with van der Waals surface area (Å²) in [5, 5.41) is 14.9. The van der Waals surface area contributed by atoms with Crippen molar-refractivity contribution < 1.29 is 19.1 Å². The first-order valence-electron chi connectivity index (χ1n) is 10.3. The molecule has 0 radical (unpaired) electrons. The van der Waals surface area contributed by atoms with Crippen molar-refractivity contribution in [3.05, 3.63) is 58.0 Å². The molecule has 2 aromatic carbocycles. The monoisotopic (exact) mass is 451 g/mol. The molecule has 1 saturated heterocycles. The molecule has 32 heavy (non-hydrogen) atoms. The molecule has 0 bridgehead atoms. The summed E-state index contributed by atoms with van der Waals surface area (Å²) in [5.74, 6) is 0.870. The molecule has 164 valence electrons. The second-order valence-electron chi connectivity index (χ2n) is 7.62. The van der Waals surface area contributed by atoms with E-state index in [1.807, 2.05) is 31.2 Å². The van der Waals surface area contributed by atoms with Gasteiger partial charge in [-0.1, -0.05) is 29.0 Å². The van der Waals surface area contributed by atoms with Gasteiger partial charge in [0.1, 0.15) is 5.01 Å². The van der Waals surface area contributed by atoms with Crippen molar-refractivity contribution in [3.8, 4) is 11.5 Å². The lowest BCUT2D eigenvalue weighted by Crippen LogP contribution is -2.34. The Balaban J connectivity index is 1.26. The van der Waals surface area contributed by atoms with Crippen molar-refractivity contribution in [3.63, 3.8) is 0 Å². The number of urea groups is 1. The largest absolute Gasteiger partial charge is 0.454 e. The van der Waals surface area contributed by atoms with E-state index >= 15 is 0 Å². The molecule has 2 aliphatic rings. The highest BCUT2D eigenvalue weighted by Gasteiger charge is 2.33. The molecule has 0 saturated carbocycles. The summed E-state index contributed by atoms with van der Waals surface area (Å²) >= 11 is 1.20. The fourth-order valence-corrected chi connectivity index (χ4v) is 4.60. The van der Waals surface area contributed by atoms with E-state index in [0.29, 0.717) is 28.7 Å². The van der Waals surface area contributed by atoms with Crippen molar-refractivity contribution in [1.29, 1.82) is 0 Å². The van der Waals surface area contributed by atoms with E-state index in [2.05, 4.69) is 20.8 Å². The van der Waals surface area contributed by atoms with Crippen LogP contribution in [0.5, 0.6) is 11.5 Å². The zero-order chi connectivity index (χ0) is 22.1. The van der Waals surface area contributed by atoms with Gasteiger partial charge in [0, 0.05) is 24.0 Å². The summed E-state index contributed by atoms with van der Waals surface area (Å²) in [6.07, 6.45) is 1.64. The van der Waals surface area contributed by atoms with E-state index in [1.165, 1.54) is 11.3 Å². The van der Waals surface area contributed by atoms with Gasteiger partial charge >= 0.3 is 6.03 Å². The van der Waals surface area contributed by atoms with Gasteiger partial charge in [-0.3, -0.25) is 4.79 Å². The molecular formula is C22H21N5O4S. The van der Waals surface area contributed by atoms with Gasteiger partial charge in [0.15, 0.2) is 11.5 Å². The Morgan fingerprint density at radius 3 is 2.66 bits per heavy atom. The highest BCUT2D eigenvalue weighted by atomic mass is 32.1. The van der Waals surface area contributed by atoms with Crippen LogP contribution in [0.1, 0.15) is 39.3 Å². The number of ether oxygens (including phenoxy) is 2. The molecule has 3 amide bonds. The summed E-state index contributed by atoms with van der Waals surface area (Å²) in [4.78, 5) is 27.2. The normalized spacial score (nSPS) is 16.8. The molecule has 1 fully saturated rings. The fraction of sp³-hybridized carbons (Fsp3) is 0.273. The number of carbonyl (C=O) groups is 2.